The normalized spacial score (nSPS) is 19.8. The maximum atomic E-state index is 10.9. The molecule has 30 heavy (non-hydrogen) atoms. The summed E-state index contributed by atoms with van der Waals surface area (Å²) in [6.07, 6.45) is 3.41. The highest BCUT2D eigenvalue weighted by Gasteiger charge is 2.42. The first-order valence-corrected chi connectivity index (χ1v) is 10.5. The number of ether oxygens (including phenoxy) is 3. The van der Waals surface area contributed by atoms with Crippen molar-refractivity contribution >= 4 is 6.29 Å². The van der Waals surface area contributed by atoms with Gasteiger partial charge in [0.25, 0.3) is 0 Å². The zero-order valence-corrected chi connectivity index (χ0v) is 17.9. The zero-order valence-electron chi connectivity index (χ0n) is 17.9. The number of hydrogen-bond donors (Lipinski definition) is 1. The summed E-state index contributed by atoms with van der Waals surface area (Å²) in [4.78, 5) is 10.8. The molecule has 2 heterocycles. The van der Waals surface area contributed by atoms with Crippen LogP contribution in [-0.4, -0.2) is 56.5 Å². The average molecular weight is 413 g/mol. The van der Waals surface area contributed by atoms with Crippen molar-refractivity contribution in [3.63, 3.8) is 0 Å². The quantitative estimate of drug-likeness (QED) is 0.558. The molecule has 0 spiro atoms. The van der Waals surface area contributed by atoms with Crippen LogP contribution < -0.4 is 14.2 Å². The van der Waals surface area contributed by atoms with E-state index in [2.05, 4.69) is 20.2 Å². The number of aliphatic hydroxyl groups excluding tert-OH is 1. The summed E-state index contributed by atoms with van der Waals surface area (Å²) in [6.45, 7) is 1.20. The van der Waals surface area contributed by atoms with Crippen LogP contribution in [0.15, 0.2) is 30.3 Å². The number of carbonyl (C=O) groups excluding carboxylic acids is 1. The Labute approximate surface area is 177 Å². The monoisotopic (exact) mass is 412 g/mol. The molecule has 0 amide bonds. The molecule has 2 unspecified atom stereocenters. The lowest BCUT2D eigenvalue weighted by atomic mass is 9.85. The van der Waals surface area contributed by atoms with Crippen molar-refractivity contribution in [1.29, 1.82) is 0 Å². The van der Waals surface area contributed by atoms with Crippen LogP contribution in [0.25, 0.3) is 0 Å². The van der Waals surface area contributed by atoms with Gasteiger partial charge < -0.3 is 23.8 Å². The fraction of sp³-hybridized carbons (Fsp3) is 0.458. The Morgan fingerprint density at radius 2 is 2.03 bits per heavy atom. The maximum Gasteiger partial charge on any atom is 0.231 e. The van der Waals surface area contributed by atoms with Gasteiger partial charge in [-0.2, -0.15) is 0 Å². The Morgan fingerprint density at radius 1 is 1.27 bits per heavy atom. The van der Waals surface area contributed by atoms with Crippen LogP contribution in [0.3, 0.4) is 0 Å². The number of methoxy groups -OCH3 is 1. The molecular formula is C24H30NO5+. The highest BCUT2D eigenvalue weighted by Crippen LogP contribution is 2.51. The Hall–Kier alpha value is -2.57. The number of fused-ring (bicyclic) bond motifs is 2. The minimum absolute atomic E-state index is 0.102. The topological polar surface area (TPSA) is 65.0 Å². The Kier molecular flexibility index (Phi) is 5.71. The summed E-state index contributed by atoms with van der Waals surface area (Å²) in [6, 6.07) is 9.73. The van der Waals surface area contributed by atoms with Crippen LogP contribution in [0.4, 0.5) is 0 Å². The smallest absolute Gasteiger partial charge is 0.231 e. The fourth-order valence-corrected chi connectivity index (χ4v) is 4.64. The third-order valence-electron chi connectivity index (χ3n) is 6.46. The fourth-order valence-electron chi connectivity index (χ4n) is 4.64. The summed E-state index contributed by atoms with van der Waals surface area (Å²) < 4.78 is 17.9. The second kappa shape index (κ2) is 8.28. The van der Waals surface area contributed by atoms with E-state index in [1.165, 1.54) is 5.56 Å². The van der Waals surface area contributed by atoms with E-state index in [0.717, 1.165) is 52.8 Å². The number of carbonyl (C=O) groups is 1. The lowest BCUT2D eigenvalue weighted by molar-refractivity contribution is -0.924. The van der Waals surface area contributed by atoms with Crippen LogP contribution in [0.2, 0.25) is 0 Å². The second-order valence-electron chi connectivity index (χ2n) is 8.77. The standard InChI is InChI=1S/C24H30NO5/c1-25(2)11-10-18-12-21-23(30-15-29-21)24(28-3)22(18)20(25)13-19(27)9-8-16-4-6-17(14-26)7-5-16/h4-7,12,14,19-20,27H,8-11,13,15H2,1-3H3/q+1. The number of aryl methyl sites for hydroxylation is 1. The lowest BCUT2D eigenvalue weighted by Gasteiger charge is -2.44. The van der Waals surface area contributed by atoms with E-state index in [0.29, 0.717) is 24.2 Å². The van der Waals surface area contributed by atoms with Crippen molar-refractivity contribution in [1.82, 2.24) is 0 Å². The summed E-state index contributed by atoms with van der Waals surface area (Å²) >= 11 is 0. The van der Waals surface area contributed by atoms with Crippen molar-refractivity contribution in [3.8, 4) is 17.2 Å². The Balaban J connectivity index is 1.55. The molecule has 2 aliphatic heterocycles. The number of nitrogens with zero attached hydrogens (tertiary/aromatic N) is 1. The molecule has 0 saturated heterocycles. The molecule has 4 rings (SSSR count). The van der Waals surface area contributed by atoms with Gasteiger partial charge in [0.1, 0.15) is 12.3 Å². The first-order chi connectivity index (χ1) is 14.4. The predicted molar refractivity (Wildman–Crippen MR) is 113 cm³/mol. The SMILES string of the molecule is COc1c2c(cc3c1C(CC(O)CCc1ccc(C=O)cc1)[N+](C)(C)CC3)OCO2. The van der Waals surface area contributed by atoms with E-state index >= 15 is 0 Å². The molecule has 0 aliphatic carbocycles. The molecule has 2 aliphatic rings. The van der Waals surface area contributed by atoms with Crippen LogP contribution >= 0.6 is 0 Å². The van der Waals surface area contributed by atoms with Gasteiger partial charge in [0.15, 0.2) is 11.5 Å². The number of likely N-dealkylation sites (N-methyl/N-ethyl adjacent to an activating group) is 1. The molecule has 0 aromatic heterocycles. The van der Waals surface area contributed by atoms with Gasteiger partial charge in [-0.1, -0.05) is 24.3 Å². The molecule has 2 aromatic rings. The van der Waals surface area contributed by atoms with Gasteiger partial charge in [0, 0.05) is 18.4 Å². The Morgan fingerprint density at radius 3 is 2.73 bits per heavy atom. The highest BCUT2D eigenvalue weighted by molar-refractivity contribution is 5.74. The lowest BCUT2D eigenvalue weighted by Crippen LogP contribution is -2.49. The van der Waals surface area contributed by atoms with Gasteiger partial charge in [0.2, 0.25) is 12.5 Å². The van der Waals surface area contributed by atoms with Crippen molar-refractivity contribution in [2.24, 2.45) is 0 Å². The van der Waals surface area contributed by atoms with E-state index in [4.69, 9.17) is 14.2 Å². The maximum absolute atomic E-state index is 10.9. The van der Waals surface area contributed by atoms with E-state index in [9.17, 15) is 9.90 Å². The minimum atomic E-state index is -0.445. The highest BCUT2D eigenvalue weighted by atomic mass is 16.7. The molecule has 2 atom stereocenters. The van der Waals surface area contributed by atoms with Crippen LogP contribution in [0.5, 0.6) is 17.2 Å². The Bertz CT molecular complexity index is 922. The molecule has 0 saturated carbocycles. The van der Waals surface area contributed by atoms with E-state index in [-0.39, 0.29) is 12.8 Å². The summed E-state index contributed by atoms with van der Waals surface area (Å²) in [7, 11) is 6.09. The largest absolute Gasteiger partial charge is 0.492 e. The van der Waals surface area contributed by atoms with Gasteiger partial charge in [-0.05, 0) is 30.0 Å². The number of benzene rings is 2. The zero-order chi connectivity index (χ0) is 21.3. The van der Waals surface area contributed by atoms with Gasteiger partial charge >= 0.3 is 0 Å². The van der Waals surface area contributed by atoms with Crippen molar-refractivity contribution in [3.05, 3.63) is 52.6 Å². The molecule has 0 radical (unpaired) electrons. The third kappa shape index (κ3) is 3.89. The summed E-state index contributed by atoms with van der Waals surface area (Å²) in [5.41, 5.74) is 4.14. The van der Waals surface area contributed by atoms with Gasteiger partial charge in [-0.25, -0.2) is 0 Å². The molecule has 160 valence electrons. The first-order valence-electron chi connectivity index (χ1n) is 10.5. The predicted octanol–water partition coefficient (Wildman–Crippen LogP) is 3.29. The molecule has 6 heteroatoms. The van der Waals surface area contributed by atoms with E-state index in [1.54, 1.807) is 7.11 Å². The first kappa shape index (κ1) is 20.7. The van der Waals surface area contributed by atoms with Crippen molar-refractivity contribution in [2.45, 2.75) is 37.8 Å². The number of quaternary nitrogens is 1. The molecule has 6 nitrogen and oxygen atoms in total. The second-order valence-corrected chi connectivity index (χ2v) is 8.77. The molecule has 1 N–H and O–H groups in total. The molecule has 0 fully saturated rings. The summed E-state index contributed by atoms with van der Waals surface area (Å²) in [5.74, 6) is 2.16. The third-order valence-corrected chi connectivity index (χ3v) is 6.46. The molecule has 0 bridgehead atoms. The number of aldehydes is 1. The van der Waals surface area contributed by atoms with Gasteiger partial charge in [0.05, 0.1) is 39.4 Å². The van der Waals surface area contributed by atoms with Crippen LogP contribution in [0, 0.1) is 0 Å². The van der Waals surface area contributed by atoms with Crippen LogP contribution in [0.1, 0.15) is 45.9 Å². The van der Waals surface area contributed by atoms with Crippen LogP contribution in [-0.2, 0) is 12.8 Å². The molecule has 2 aromatic carbocycles. The van der Waals surface area contributed by atoms with E-state index in [1.807, 2.05) is 24.3 Å². The van der Waals surface area contributed by atoms with Gasteiger partial charge in [-0.15, -0.1) is 0 Å². The van der Waals surface area contributed by atoms with E-state index < -0.39 is 6.10 Å². The van der Waals surface area contributed by atoms with Gasteiger partial charge in [-0.3, -0.25) is 4.79 Å². The number of aliphatic hydroxyl groups is 1. The number of rotatable bonds is 7. The van der Waals surface area contributed by atoms with Crippen molar-refractivity contribution < 1.29 is 28.6 Å². The summed E-state index contributed by atoms with van der Waals surface area (Å²) in [5, 5.41) is 10.9. The van der Waals surface area contributed by atoms with Crippen molar-refractivity contribution in [2.75, 3.05) is 34.5 Å². The molecular weight excluding hydrogens is 382 g/mol. The number of hydrogen-bond acceptors (Lipinski definition) is 5. The minimum Gasteiger partial charge on any atom is -0.492 e. The average Bonchev–Trinajstić information content (AvgIpc) is 3.21.